The van der Waals surface area contributed by atoms with Crippen LogP contribution in [0.5, 0.6) is 0 Å². The molecule has 1 aromatic rings. The molecule has 1 aliphatic rings. The highest BCUT2D eigenvalue weighted by Crippen LogP contribution is 2.11. The lowest BCUT2D eigenvalue weighted by Crippen LogP contribution is -2.44. The van der Waals surface area contributed by atoms with Crippen LogP contribution in [-0.2, 0) is 19.7 Å². The van der Waals surface area contributed by atoms with Crippen LogP contribution < -0.4 is 10.6 Å². The normalized spacial score (nSPS) is 20.7. The first-order chi connectivity index (χ1) is 11.3. The number of sulfone groups is 2. The van der Waals surface area contributed by atoms with Gasteiger partial charge in [-0.2, -0.15) is 0 Å². The Balaban J connectivity index is 1.96. The second-order valence-electron chi connectivity index (χ2n) is 5.64. The number of hydrogen-bond acceptors (Lipinski definition) is 5. The lowest BCUT2D eigenvalue weighted by atomic mass is 10.3. The molecule has 0 radical (unpaired) electrons. The van der Waals surface area contributed by atoms with Crippen molar-refractivity contribution in [2.75, 3.05) is 30.3 Å². The van der Waals surface area contributed by atoms with Crippen molar-refractivity contribution in [2.45, 2.75) is 24.3 Å². The van der Waals surface area contributed by atoms with Gasteiger partial charge in [0, 0.05) is 12.6 Å². The lowest BCUT2D eigenvalue weighted by molar-refractivity contribution is 0.595. The highest BCUT2D eigenvalue weighted by atomic mass is 32.2. The molecule has 24 heavy (non-hydrogen) atoms. The quantitative estimate of drug-likeness (QED) is 0.545. The molecular weight excluding hydrogens is 350 g/mol. The maximum atomic E-state index is 12.2. The Morgan fingerprint density at radius 3 is 2.58 bits per heavy atom. The molecule has 1 aromatic carbocycles. The van der Waals surface area contributed by atoms with E-state index in [0.717, 1.165) is 0 Å². The minimum atomic E-state index is -3.38. The number of rotatable bonds is 6. The van der Waals surface area contributed by atoms with E-state index in [4.69, 9.17) is 0 Å². The molecule has 0 aliphatic carbocycles. The zero-order valence-electron chi connectivity index (χ0n) is 13.6. The Morgan fingerprint density at radius 1 is 1.29 bits per heavy atom. The van der Waals surface area contributed by atoms with E-state index in [2.05, 4.69) is 15.6 Å². The van der Waals surface area contributed by atoms with Gasteiger partial charge >= 0.3 is 0 Å². The van der Waals surface area contributed by atoms with Crippen LogP contribution in [0.1, 0.15) is 13.3 Å². The van der Waals surface area contributed by atoms with Gasteiger partial charge in [-0.25, -0.2) is 16.8 Å². The smallest absolute Gasteiger partial charge is 0.191 e. The fourth-order valence-electron chi connectivity index (χ4n) is 2.45. The number of benzene rings is 1. The summed E-state index contributed by atoms with van der Waals surface area (Å²) in [4.78, 5) is 4.53. The first-order valence-corrected chi connectivity index (χ1v) is 11.3. The Hall–Kier alpha value is -1.61. The van der Waals surface area contributed by atoms with Gasteiger partial charge in [0.25, 0.3) is 0 Å². The van der Waals surface area contributed by atoms with E-state index in [9.17, 15) is 16.8 Å². The zero-order chi connectivity index (χ0) is 17.6. The highest BCUT2D eigenvalue weighted by molar-refractivity contribution is 7.91. The van der Waals surface area contributed by atoms with Crippen molar-refractivity contribution >= 4 is 25.6 Å². The van der Waals surface area contributed by atoms with E-state index >= 15 is 0 Å². The number of nitrogens with zero attached hydrogens (tertiary/aromatic N) is 1. The molecule has 0 saturated carbocycles. The molecule has 9 heteroatoms. The molecule has 1 aliphatic heterocycles. The van der Waals surface area contributed by atoms with E-state index in [1.165, 1.54) is 0 Å². The molecule has 0 amide bonds. The van der Waals surface area contributed by atoms with Crippen LogP contribution in [0.2, 0.25) is 0 Å². The number of nitrogens with one attached hydrogen (secondary N) is 2. The number of guanidine groups is 1. The van der Waals surface area contributed by atoms with Crippen molar-refractivity contribution < 1.29 is 16.8 Å². The average Bonchev–Trinajstić information content (AvgIpc) is 2.87. The molecule has 0 bridgehead atoms. The summed E-state index contributed by atoms with van der Waals surface area (Å²) in [6.07, 6.45) is 0.537. The van der Waals surface area contributed by atoms with Crippen LogP contribution >= 0.6 is 0 Å². The van der Waals surface area contributed by atoms with Gasteiger partial charge in [-0.3, -0.25) is 4.99 Å². The summed E-state index contributed by atoms with van der Waals surface area (Å²) in [6, 6.07) is 8.07. The summed E-state index contributed by atoms with van der Waals surface area (Å²) in [5.74, 6) is 0.603. The Morgan fingerprint density at radius 2 is 2.00 bits per heavy atom. The molecule has 0 aromatic heterocycles. The summed E-state index contributed by atoms with van der Waals surface area (Å²) in [7, 11) is -6.35. The molecule has 134 valence electrons. The van der Waals surface area contributed by atoms with Crippen molar-refractivity contribution in [1.82, 2.24) is 10.6 Å². The number of aliphatic imine (C=N–C) groups is 1. The van der Waals surface area contributed by atoms with Gasteiger partial charge in [0.05, 0.1) is 28.7 Å². The zero-order valence-corrected chi connectivity index (χ0v) is 15.2. The Kier molecular flexibility index (Phi) is 6.22. The molecule has 2 rings (SSSR count). The third-order valence-electron chi connectivity index (χ3n) is 3.65. The average molecular weight is 374 g/mol. The van der Waals surface area contributed by atoms with Gasteiger partial charge in [-0.15, -0.1) is 0 Å². The van der Waals surface area contributed by atoms with Crippen LogP contribution in [0.25, 0.3) is 0 Å². The molecule has 1 fully saturated rings. The maximum Gasteiger partial charge on any atom is 0.191 e. The second kappa shape index (κ2) is 7.98. The van der Waals surface area contributed by atoms with E-state index in [-0.39, 0.29) is 34.7 Å². The van der Waals surface area contributed by atoms with E-state index in [1.54, 1.807) is 30.3 Å². The predicted octanol–water partition coefficient (Wildman–Crippen LogP) is 0.203. The summed E-state index contributed by atoms with van der Waals surface area (Å²) in [5, 5.41) is 6.08. The third kappa shape index (κ3) is 5.48. The largest absolute Gasteiger partial charge is 0.357 e. The standard InChI is InChI=1S/C15H23N3O4S2/c1-2-16-15(18-13-8-10-23(19,20)12-13)17-9-11-24(21,22)14-6-4-3-5-7-14/h3-7,13H,2,8-12H2,1H3,(H2,16,17,18). The van der Waals surface area contributed by atoms with Crippen LogP contribution in [0.3, 0.4) is 0 Å². The topological polar surface area (TPSA) is 105 Å². The lowest BCUT2D eigenvalue weighted by Gasteiger charge is -2.15. The molecule has 1 unspecified atom stereocenters. The monoisotopic (exact) mass is 373 g/mol. The van der Waals surface area contributed by atoms with Gasteiger partial charge in [-0.05, 0) is 25.5 Å². The van der Waals surface area contributed by atoms with Crippen molar-refractivity contribution in [1.29, 1.82) is 0 Å². The van der Waals surface area contributed by atoms with Crippen molar-refractivity contribution in [2.24, 2.45) is 4.99 Å². The van der Waals surface area contributed by atoms with Crippen LogP contribution in [0.15, 0.2) is 40.2 Å². The number of hydrogen-bond donors (Lipinski definition) is 2. The summed E-state index contributed by atoms with van der Waals surface area (Å²) in [5.41, 5.74) is 0. The fourth-order valence-corrected chi connectivity index (χ4v) is 5.26. The van der Waals surface area contributed by atoms with Gasteiger partial charge in [0.1, 0.15) is 0 Å². The molecule has 1 atom stereocenters. The molecule has 7 nitrogen and oxygen atoms in total. The summed E-state index contributed by atoms with van der Waals surface area (Å²) >= 11 is 0. The molecule has 1 heterocycles. The summed E-state index contributed by atoms with van der Waals surface area (Å²) in [6.45, 7) is 2.60. The Bertz CT molecular complexity index is 774. The molecule has 1 saturated heterocycles. The van der Waals surface area contributed by atoms with Gasteiger partial charge in [0.2, 0.25) is 0 Å². The second-order valence-corrected chi connectivity index (χ2v) is 9.97. The molecule has 2 N–H and O–H groups in total. The molecule has 0 spiro atoms. The van der Waals surface area contributed by atoms with Gasteiger partial charge in [-0.1, -0.05) is 18.2 Å². The van der Waals surface area contributed by atoms with E-state index < -0.39 is 19.7 Å². The van der Waals surface area contributed by atoms with Crippen molar-refractivity contribution in [3.63, 3.8) is 0 Å². The minimum Gasteiger partial charge on any atom is -0.357 e. The van der Waals surface area contributed by atoms with E-state index in [0.29, 0.717) is 18.9 Å². The minimum absolute atomic E-state index is 0.0831. The summed E-state index contributed by atoms with van der Waals surface area (Å²) < 4.78 is 47.4. The van der Waals surface area contributed by atoms with Crippen molar-refractivity contribution in [3.05, 3.63) is 30.3 Å². The predicted molar refractivity (Wildman–Crippen MR) is 94.7 cm³/mol. The van der Waals surface area contributed by atoms with Gasteiger partial charge < -0.3 is 10.6 Å². The van der Waals surface area contributed by atoms with Crippen LogP contribution in [0, 0.1) is 0 Å². The van der Waals surface area contributed by atoms with Crippen LogP contribution in [-0.4, -0.2) is 59.2 Å². The Labute approximate surface area is 143 Å². The first-order valence-electron chi connectivity index (χ1n) is 7.85. The fraction of sp³-hybridized carbons (Fsp3) is 0.533. The first kappa shape index (κ1) is 18.7. The van der Waals surface area contributed by atoms with Crippen molar-refractivity contribution in [3.8, 4) is 0 Å². The van der Waals surface area contributed by atoms with Gasteiger partial charge in [0.15, 0.2) is 25.6 Å². The van der Waals surface area contributed by atoms with E-state index in [1.807, 2.05) is 6.92 Å². The SMILES string of the molecule is CCNC(=NCCS(=O)(=O)c1ccccc1)NC1CCS(=O)(=O)C1. The van der Waals surface area contributed by atoms with Crippen LogP contribution in [0.4, 0.5) is 0 Å². The maximum absolute atomic E-state index is 12.2. The highest BCUT2D eigenvalue weighted by Gasteiger charge is 2.28. The molecular formula is C15H23N3O4S2. The third-order valence-corrected chi connectivity index (χ3v) is 7.13.